The molecule has 0 N–H and O–H groups in total. The van der Waals surface area contributed by atoms with E-state index in [1.54, 1.807) is 0 Å². The minimum absolute atomic E-state index is 0.133. The van der Waals surface area contributed by atoms with E-state index >= 15 is 0 Å². The van der Waals surface area contributed by atoms with Crippen LogP contribution in [-0.4, -0.2) is 0 Å². The van der Waals surface area contributed by atoms with Crippen LogP contribution in [0.1, 0.15) is 47.2 Å². The number of benzene rings is 12. The fraction of sp³-hybridized carbons (Fsp3) is 0.0526. The van der Waals surface area contributed by atoms with Gasteiger partial charge in [0, 0.05) is 58.9 Å². The van der Waals surface area contributed by atoms with Crippen LogP contribution in [0.4, 0.5) is 17.1 Å². The van der Waals surface area contributed by atoms with Gasteiger partial charge in [-0.2, -0.15) is 0 Å². The van der Waals surface area contributed by atoms with Crippen LogP contribution in [0, 0.1) is 0 Å². The molecule has 14 aromatic rings. The molecule has 0 aliphatic heterocycles. The van der Waals surface area contributed by atoms with E-state index in [1.807, 2.05) is 11.3 Å². The Kier molecular flexibility index (Phi) is 9.30. The minimum atomic E-state index is -0.519. The molecule has 12 aromatic carbocycles. The largest absolute Gasteiger partial charge is 0.455 e. The molecule has 0 fully saturated rings. The van der Waals surface area contributed by atoms with Gasteiger partial charge in [0.1, 0.15) is 11.2 Å². The lowest BCUT2D eigenvalue weighted by atomic mass is 9.70. The Balaban J connectivity index is 0.820. The predicted molar refractivity (Wildman–Crippen MR) is 331 cm³/mol. The molecule has 1 atom stereocenters. The zero-order chi connectivity index (χ0) is 52.1. The second kappa shape index (κ2) is 16.5. The predicted octanol–water partition coefficient (Wildman–Crippen LogP) is 21.1. The highest BCUT2D eigenvalue weighted by molar-refractivity contribution is 7.26. The van der Waals surface area contributed by atoms with Gasteiger partial charge in [0.05, 0.1) is 11.1 Å². The lowest BCUT2D eigenvalue weighted by molar-refractivity contribution is 0.660. The molecule has 0 amide bonds. The molecule has 3 heteroatoms. The average Bonchev–Trinajstić information content (AvgIpc) is 3.77. The molecule has 17 rings (SSSR count). The maximum atomic E-state index is 6.74. The standard InChI is InChI=1S/C76H49NOS/c1-75(2)63-31-11-6-22-52(63)54-42-41-49(43-67(54)75)77(69-35-14-9-21-50(69)46-19-4-3-5-20-46)48-39-37-47(38-40-48)51-26-16-30-59-62-44-68-61(45-71(62)79-74(51)59)53-23-7-12-32-64(53)76(68)65-33-13-8-25-60(65)72-56(27-18-34-66(72)76)58-29-17-28-57-55-24-10-15-36-70(55)78-73(57)58/h3-45H,1-2H3. The monoisotopic (exact) mass is 1020 g/mol. The van der Waals surface area contributed by atoms with Gasteiger partial charge in [0.2, 0.25) is 0 Å². The SMILES string of the molecule is CC1(C)c2ccccc2-c2ccc(N(c3ccc(-c4cccc5c4sc4cc6c(cc45)C4(c5ccccc5-6)c5ccccc5-c5c(-c6cccc7c6oc6ccccc67)cccc54)cc3)c3ccccc3-c3ccccc3)cc21. The molecule has 3 aliphatic carbocycles. The van der Waals surface area contributed by atoms with Crippen molar-refractivity contribution in [2.75, 3.05) is 4.90 Å². The van der Waals surface area contributed by atoms with Gasteiger partial charge in [-0.3, -0.25) is 0 Å². The Morgan fingerprint density at radius 3 is 1.73 bits per heavy atom. The van der Waals surface area contributed by atoms with E-state index in [2.05, 4.69) is 280 Å². The summed E-state index contributed by atoms with van der Waals surface area (Å²) in [5.74, 6) is 0. The molecule has 370 valence electrons. The topological polar surface area (TPSA) is 16.4 Å². The van der Waals surface area contributed by atoms with E-state index in [0.717, 1.165) is 44.6 Å². The molecular formula is C76H49NOS. The smallest absolute Gasteiger partial charge is 0.143 e. The Hall–Kier alpha value is -9.54. The first kappa shape index (κ1) is 44.6. The molecule has 79 heavy (non-hydrogen) atoms. The summed E-state index contributed by atoms with van der Waals surface area (Å²) in [5.41, 5.74) is 27.6. The summed E-state index contributed by atoms with van der Waals surface area (Å²) in [5, 5.41) is 4.86. The first-order chi connectivity index (χ1) is 38.9. The molecule has 2 heterocycles. The van der Waals surface area contributed by atoms with Crippen LogP contribution >= 0.6 is 11.3 Å². The van der Waals surface area contributed by atoms with Gasteiger partial charge in [0.15, 0.2) is 0 Å². The van der Waals surface area contributed by atoms with Crippen molar-refractivity contribution in [1.29, 1.82) is 0 Å². The van der Waals surface area contributed by atoms with Crippen LogP contribution in [-0.2, 0) is 10.8 Å². The highest BCUT2D eigenvalue weighted by Gasteiger charge is 2.52. The summed E-state index contributed by atoms with van der Waals surface area (Å²) in [6.07, 6.45) is 0. The Labute approximate surface area is 462 Å². The molecule has 2 nitrogen and oxygen atoms in total. The van der Waals surface area contributed by atoms with Gasteiger partial charge in [-0.1, -0.05) is 226 Å². The number of nitrogens with zero attached hydrogens (tertiary/aromatic N) is 1. The van der Waals surface area contributed by atoms with Gasteiger partial charge in [-0.15, -0.1) is 11.3 Å². The van der Waals surface area contributed by atoms with E-state index in [0.29, 0.717) is 0 Å². The maximum Gasteiger partial charge on any atom is 0.143 e. The quantitative estimate of drug-likeness (QED) is 0.165. The van der Waals surface area contributed by atoms with Crippen molar-refractivity contribution < 1.29 is 4.42 Å². The van der Waals surface area contributed by atoms with Gasteiger partial charge < -0.3 is 9.32 Å². The normalized spacial score (nSPS) is 15.1. The van der Waals surface area contributed by atoms with Crippen molar-refractivity contribution in [3.63, 3.8) is 0 Å². The van der Waals surface area contributed by atoms with Crippen LogP contribution in [0.15, 0.2) is 265 Å². The molecule has 0 bridgehead atoms. The van der Waals surface area contributed by atoms with E-state index in [1.165, 1.54) is 115 Å². The summed E-state index contributed by atoms with van der Waals surface area (Å²) in [7, 11) is 0. The van der Waals surface area contributed by atoms with Gasteiger partial charge in [-0.05, 0) is 138 Å². The summed E-state index contributed by atoms with van der Waals surface area (Å²) in [6, 6.07) is 97.3. The van der Waals surface area contributed by atoms with E-state index in [9.17, 15) is 0 Å². The minimum Gasteiger partial charge on any atom is -0.455 e. The first-order valence-electron chi connectivity index (χ1n) is 27.5. The number of fused-ring (bicyclic) bond motifs is 19. The maximum absolute atomic E-state index is 6.74. The number of anilines is 3. The second-order valence-corrected chi connectivity index (χ2v) is 23.2. The molecular weight excluding hydrogens is 975 g/mol. The van der Waals surface area contributed by atoms with Crippen molar-refractivity contribution in [2.45, 2.75) is 24.7 Å². The summed E-state index contributed by atoms with van der Waals surface area (Å²) < 4.78 is 9.34. The van der Waals surface area contributed by atoms with Gasteiger partial charge >= 0.3 is 0 Å². The van der Waals surface area contributed by atoms with Crippen LogP contribution in [0.2, 0.25) is 0 Å². The summed E-state index contributed by atoms with van der Waals surface area (Å²) >= 11 is 1.92. The van der Waals surface area contributed by atoms with Crippen molar-refractivity contribution in [2.24, 2.45) is 0 Å². The van der Waals surface area contributed by atoms with E-state index < -0.39 is 5.41 Å². The molecule has 0 radical (unpaired) electrons. The first-order valence-corrected chi connectivity index (χ1v) is 28.3. The lowest BCUT2D eigenvalue weighted by Crippen LogP contribution is -2.25. The van der Waals surface area contributed by atoms with Crippen LogP contribution < -0.4 is 4.90 Å². The Bertz CT molecular complexity index is 4880. The summed E-state index contributed by atoms with van der Waals surface area (Å²) in [4.78, 5) is 2.46. The molecule has 0 saturated carbocycles. The highest BCUT2D eigenvalue weighted by Crippen LogP contribution is 2.65. The molecule has 1 unspecified atom stereocenters. The van der Waals surface area contributed by atoms with Crippen molar-refractivity contribution in [3.8, 4) is 66.8 Å². The van der Waals surface area contributed by atoms with Crippen molar-refractivity contribution in [3.05, 3.63) is 294 Å². The highest BCUT2D eigenvalue weighted by atomic mass is 32.1. The molecule has 3 aliphatic rings. The zero-order valence-electron chi connectivity index (χ0n) is 43.6. The van der Waals surface area contributed by atoms with E-state index in [4.69, 9.17) is 4.42 Å². The van der Waals surface area contributed by atoms with Crippen LogP contribution in [0.5, 0.6) is 0 Å². The summed E-state index contributed by atoms with van der Waals surface area (Å²) in [6.45, 7) is 4.73. The molecule has 1 spiro atoms. The van der Waals surface area contributed by atoms with Crippen molar-refractivity contribution >= 4 is 70.5 Å². The third kappa shape index (κ3) is 6.11. The Morgan fingerprint density at radius 1 is 0.342 bits per heavy atom. The van der Waals surface area contributed by atoms with Crippen LogP contribution in [0.25, 0.3) is 109 Å². The number of hydrogen-bond acceptors (Lipinski definition) is 3. The Morgan fingerprint density at radius 2 is 0.911 bits per heavy atom. The fourth-order valence-corrected chi connectivity index (χ4v) is 15.7. The molecule has 2 aromatic heterocycles. The number of furan rings is 1. The third-order valence-electron chi connectivity index (χ3n) is 17.9. The number of rotatable bonds is 6. The van der Waals surface area contributed by atoms with Gasteiger partial charge in [-0.25, -0.2) is 0 Å². The average molecular weight is 1020 g/mol. The number of hydrogen-bond donors (Lipinski definition) is 0. The second-order valence-electron chi connectivity index (χ2n) is 22.2. The third-order valence-corrected chi connectivity index (χ3v) is 19.1. The molecule has 0 saturated heterocycles. The van der Waals surface area contributed by atoms with E-state index in [-0.39, 0.29) is 5.41 Å². The fourth-order valence-electron chi connectivity index (χ4n) is 14.5. The van der Waals surface area contributed by atoms with Crippen LogP contribution in [0.3, 0.4) is 0 Å². The number of para-hydroxylation sites is 3. The number of thiophene rings is 1. The van der Waals surface area contributed by atoms with Crippen molar-refractivity contribution in [1.82, 2.24) is 0 Å². The lowest BCUT2D eigenvalue weighted by Gasteiger charge is -2.30. The van der Waals surface area contributed by atoms with Gasteiger partial charge in [0.25, 0.3) is 0 Å². The zero-order valence-corrected chi connectivity index (χ0v) is 44.4.